The molecule has 4 heterocycles. The molecule has 0 saturated carbocycles. The van der Waals surface area contributed by atoms with Crippen LogP contribution in [-0.2, 0) is 11.3 Å². The predicted octanol–water partition coefficient (Wildman–Crippen LogP) is 3.35. The van der Waals surface area contributed by atoms with Gasteiger partial charge in [-0.05, 0) is 18.4 Å². The topological polar surface area (TPSA) is 102 Å². The zero-order valence-corrected chi connectivity index (χ0v) is 19.4. The highest BCUT2D eigenvalue weighted by Gasteiger charge is 2.36. The molecule has 0 spiro atoms. The molecule has 6 rings (SSSR count). The van der Waals surface area contributed by atoms with Crippen LogP contribution in [0.3, 0.4) is 0 Å². The molecule has 4 aromatic rings. The van der Waals surface area contributed by atoms with Crippen LogP contribution < -0.4 is 15.7 Å². The molecule has 2 aliphatic heterocycles. The van der Waals surface area contributed by atoms with E-state index in [1.54, 1.807) is 17.0 Å². The maximum absolute atomic E-state index is 13.0. The molecular weight excluding hydrogens is 460 g/mol. The average molecular weight is 485 g/mol. The molecule has 1 saturated heterocycles. The van der Waals surface area contributed by atoms with Crippen LogP contribution in [0.15, 0.2) is 80.7 Å². The van der Waals surface area contributed by atoms with E-state index in [2.05, 4.69) is 0 Å². The van der Waals surface area contributed by atoms with Gasteiger partial charge in [0.05, 0.1) is 0 Å². The highest BCUT2D eigenvalue weighted by molar-refractivity contribution is 5.86. The summed E-state index contributed by atoms with van der Waals surface area (Å²) in [7, 11) is 0. The number of pyridine rings is 1. The largest absolute Gasteiger partial charge is 0.507 e. The van der Waals surface area contributed by atoms with Crippen molar-refractivity contribution in [2.45, 2.75) is 18.9 Å². The summed E-state index contributed by atoms with van der Waals surface area (Å²) >= 11 is 0. The third kappa shape index (κ3) is 3.94. The van der Waals surface area contributed by atoms with Crippen molar-refractivity contribution in [3.05, 3.63) is 93.0 Å². The number of rotatable bonds is 4. The van der Waals surface area contributed by atoms with Crippen LogP contribution >= 0.6 is 0 Å². The van der Waals surface area contributed by atoms with Crippen molar-refractivity contribution in [2.75, 3.05) is 19.7 Å². The van der Waals surface area contributed by atoms with Gasteiger partial charge in [0.25, 0.3) is 11.5 Å². The Bertz CT molecular complexity index is 1590. The fourth-order valence-electron chi connectivity index (χ4n) is 5.41. The quantitative estimate of drug-likeness (QED) is 0.477. The molecule has 1 unspecified atom stereocenters. The van der Waals surface area contributed by atoms with Gasteiger partial charge >= 0.3 is 0 Å². The minimum absolute atomic E-state index is 0.00324. The van der Waals surface area contributed by atoms with Gasteiger partial charge in [-0.15, -0.1) is 0 Å². The minimum atomic E-state index is -0.366. The standard InChI is InChI=1S/C28H24N2O6/c31-22-10-20(11-25-28(22)23(32)12-24(36-25)18-5-2-1-3-6-18)35-16-27(34)29-13-17-9-19(15-29)21-7-4-8-26(33)30(21)14-17/h1-8,10-12,17,19,31H,9,13-16H2/t17-,19?/m0/s1. The first-order chi connectivity index (χ1) is 17.5. The molecule has 1 N–H and O–H groups in total. The normalized spacial score (nSPS) is 18.6. The lowest BCUT2D eigenvalue weighted by atomic mass is 9.83. The molecule has 2 aromatic carbocycles. The molecule has 2 aliphatic rings. The second-order valence-corrected chi connectivity index (χ2v) is 9.44. The SMILES string of the molecule is O=C(COc1cc(O)c2c(=O)cc(-c3ccccc3)oc2c1)N1CC2C[C@@H](C1)Cn1c2cccc1=O. The van der Waals surface area contributed by atoms with Crippen LogP contribution in [0.25, 0.3) is 22.3 Å². The Morgan fingerprint density at radius 1 is 1.00 bits per heavy atom. The summed E-state index contributed by atoms with van der Waals surface area (Å²) < 4.78 is 13.5. The van der Waals surface area contributed by atoms with E-state index in [-0.39, 0.29) is 57.8 Å². The van der Waals surface area contributed by atoms with Gasteiger partial charge in [0.15, 0.2) is 12.0 Å². The van der Waals surface area contributed by atoms with Crippen LogP contribution in [0.4, 0.5) is 0 Å². The van der Waals surface area contributed by atoms with Gasteiger partial charge in [0.1, 0.15) is 28.2 Å². The Morgan fingerprint density at radius 3 is 2.67 bits per heavy atom. The number of hydrogen-bond donors (Lipinski definition) is 1. The van der Waals surface area contributed by atoms with Gasteiger partial charge in [-0.25, -0.2) is 0 Å². The number of fused-ring (bicyclic) bond motifs is 5. The minimum Gasteiger partial charge on any atom is -0.507 e. The number of benzene rings is 2. The summed E-state index contributed by atoms with van der Waals surface area (Å²) in [4.78, 5) is 39.7. The van der Waals surface area contributed by atoms with E-state index in [0.717, 1.165) is 17.7 Å². The van der Waals surface area contributed by atoms with Gasteiger partial charge in [-0.3, -0.25) is 14.4 Å². The second-order valence-electron chi connectivity index (χ2n) is 9.44. The van der Waals surface area contributed by atoms with Crippen LogP contribution in [0.1, 0.15) is 18.0 Å². The maximum atomic E-state index is 13.0. The summed E-state index contributed by atoms with van der Waals surface area (Å²) in [5, 5.41) is 10.5. The van der Waals surface area contributed by atoms with Gasteiger partial charge in [-0.1, -0.05) is 36.4 Å². The molecule has 0 aliphatic carbocycles. The average Bonchev–Trinajstić information content (AvgIpc) is 2.88. The number of aromatic nitrogens is 1. The van der Waals surface area contributed by atoms with Crippen LogP contribution in [0, 0.1) is 5.92 Å². The van der Waals surface area contributed by atoms with Crippen molar-refractivity contribution >= 4 is 16.9 Å². The number of phenolic OH excluding ortho intramolecular Hbond substituents is 1. The number of nitrogens with zero attached hydrogens (tertiary/aromatic N) is 2. The Kier molecular flexibility index (Phi) is 5.36. The molecule has 2 atom stereocenters. The number of aromatic hydroxyl groups is 1. The lowest BCUT2D eigenvalue weighted by Gasteiger charge is -2.42. The van der Waals surface area contributed by atoms with Crippen molar-refractivity contribution in [1.82, 2.24) is 9.47 Å². The molecule has 1 amide bonds. The fourth-order valence-corrected chi connectivity index (χ4v) is 5.41. The Morgan fingerprint density at radius 2 is 1.83 bits per heavy atom. The number of hydrogen-bond acceptors (Lipinski definition) is 6. The van der Waals surface area contributed by atoms with Crippen molar-refractivity contribution in [3.8, 4) is 22.8 Å². The number of carbonyl (C=O) groups is 1. The van der Waals surface area contributed by atoms with Crippen molar-refractivity contribution < 1.29 is 19.1 Å². The summed E-state index contributed by atoms with van der Waals surface area (Å²) in [6.45, 7) is 1.49. The molecule has 2 bridgehead atoms. The molecule has 8 heteroatoms. The monoisotopic (exact) mass is 484 g/mol. The molecule has 2 aromatic heterocycles. The molecular formula is C28H24N2O6. The highest BCUT2D eigenvalue weighted by atomic mass is 16.5. The van der Waals surface area contributed by atoms with E-state index in [4.69, 9.17) is 9.15 Å². The first-order valence-corrected chi connectivity index (χ1v) is 11.9. The van der Waals surface area contributed by atoms with E-state index in [0.29, 0.717) is 25.4 Å². The smallest absolute Gasteiger partial charge is 0.260 e. The molecule has 36 heavy (non-hydrogen) atoms. The molecule has 182 valence electrons. The van der Waals surface area contributed by atoms with Crippen molar-refractivity contribution in [3.63, 3.8) is 0 Å². The zero-order valence-electron chi connectivity index (χ0n) is 19.4. The number of likely N-dealkylation sites (tertiary alicyclic amines) is 1. The number of phenols is 1. The Hall–Kier alpha value is -4.33. The number of amides is 1. The number of piperidine rings is 1. The molecule has 0 radical (unpaired) electrons. The first kappa shape index (κ1) is 22.2. The van der Waals surface area contributed by atoms with Crippen molar-refractivity contribution in [1.29, 1.82) is 0 Å². The van der Waals surface area contributed by atoms with Crippen LogP contribution in [-0.4, -0.2) is 40.2 Å². The van der Waals surface area contributed by atoms with Gasteiger partial charge < -0.3 is 23.7 Å². The summed E-state index contributed by atoms with van der Waals surface area (Å²) in [6.07, 6.45) is 0.954. The molecule has 8 nitrogen and oxygen atoms in total. The Labute approximate surface area is 206 Å². The van der Waals surface area contributed by atoms with Gasteiger partial charge in [0, 0.05) is 61.1 Å². The fraction of sp³-hybridized carbons (Fsp3) is 0.250. The Balaban J connectivity index is 1.21. The third-order valence-electron chi connectivity index (χ3n) is 7.04. The van der Waals surface area contributed by atoms with E-state index >= 15 is 0 Å². The van der Waals surface area contributed by atoms with Gasteiger partial charge in [-0.2, -0.15) is 0 Å². The number of carbonyl (C=O) groups excluding carboxylic acids is 1. The highest BCUT2D eigenvalue weighted by Crippen LogP contribution is 2.35. The van der Waals surface area contributed by atoms with Crippen LogP contribution in [0.2, 0.25) is 0 Å². The van der Waals surface area contributed by atoms with Crippen LogP contribution in [0.5, 0.6) is 11.5 Å². The third-order valence-corrected chi connectivity index (χ3v) is 7.04. The summed E-state index contributed by atoms with van der Waals surface area (Å²) in [5.41, 5.74) is 1.52. The van der Waals surface area contributed by atoms with Gasteiger partial charge in [0.2, 0.25) is 0 Å². The lowest BCUT2D eigenvalue weighted by Crippen LogP contribution is -2.50. The van der Waals surface area contributed by atoms with E-state index in [9.17, 15) is 19.5 Å². The number of ether oxygens (including phenoxy) is 1. The predicted molar refractivity (Wildman–Crippen MR) is 133 cm³/mol. The summed E-state index contributed by atoms with van der Waals surface area (Å²) in [6, 6.07) is 18.7. The second kappa shape index (κ2) is 8.71. The first-order valence-electron chi connectivity index (χ1n) is 11.9. The van der Waals surface area contributed by atoms with E-state index in [1.165, 1.54) is 18.2 Å². The van der Waals surface area contributed by atoms with Crippen molar-refractivity contribution in [2.24, 2.45) is 5.92 Å². The van der Waals surface area contributed by atoms with E-state index < -0.39 is 0 Å². The summed E-state index contributed by atoms with van der Waals surface area (Å²) in [5.74, 6) is 0.505. The molecule has 1 fully saturated rings. The zero-order chi connectivity index (χ0) is 24.8. The maximum Gasteiger partial charge on any atom is 0.260 e. The lowest BCUT2D eigenvalue weighted by molar-refractivity contribution is -0.136. The van der Waals surface area contributed by atoms with E-state index in [1.807, 2.05) is 41.0 Å².